The van der Waals surface area contributed by atoms with Crippen molar-refractivity contribution < 1.29 is 0 Å². The molecule has 0 unspecified atom stereocenters. The lowest BCUT2D eigenvalue weighted by molar-refractivity contribution is 0.881. The molecular weight excluding hydrogens is 188 g/mol. The Bertz CT molecular complexity index is 654. The number of fused-ring (bicyclic) bond motifs is 3. The summed E-state index contributed by atoms with van der Waals surface area (Å²) in [5, 5.41) is 5.27. The highest BCUT2D eigenvalue weighted by Gasteiger charge is 2.06. The molecule has 3 aromatic rings. The number of rotatable bonds is 0. The van der Waals surface area contributed by atoms with Gasteiger partial charge in [0.05, 0.1) is 11.0 Å². The normalized spacial score (nSPS) is 11.3. The van der Waals surface area contributed by atoms with Crippen LogP contribution in [0.15, 0.2) is 30.3 Å². The van der Waals surface area contributed by atoms with Crippen molar-refractivity contribution in [2.24, 2.45) is 0 Å². The number of nitrogens with two attached hydrogens (primary N) is 1. The smallest absolute Gasteiger partial charge is 0.146 e. The van der Waals surface area contributed by atoms with Crippen molar-refractivity contribution in [1.82, 2.24) is 14.6 Å². The number of nitrogen functional groups attached to an aromatic ring is 1. The summed E-state index contributed by atoms with van der Waals surface area (Å²) < 4.78 is 1.78. The third kappa shape index (κ3) is 1.08. The van der Waals surface area contributed by atoms with Crippen LogP contribution in [0.25, 0.3) is 16.4 Å². The lowest BCUT2D eigenvalue weighted by Crippen LogP contribution is -1.98. The highest BCUT2D eigenvalue weighted by atomic mass is 15.3. The lowest BCUT2D eigenvalue weighted by atomic mass is 10.2. The Hall–Kier alpha value is -2.10. The Labute approximate surface area is 86.3 Å². The largest absolute Gasteiger partial charge is 0.382 e. The van der Waals surface area contributed by atoms with Crippen LogP contribution < -0.4 is 5.73 Å². The Morgan fingerprint density at radius 3 is 2.93 bits per heavy atom. The number of anilines is 1. The molecule has 0 aliphatic rings. The first-order valence-electron chi connectivity index (χ1n) is 4.76. The van der Waals surface area contributed by atoms with Gasteiger partial charge in [-0.3, -0.25) is 0 Å². The summed E-state index contributed by atoms with van der Waals surface area (Å²) in [6, 6.07) is 9.86. The fraction of sp³-hybridized carbons (Fsp3) is 0.0909. The second-order valence-electron chi connectivity index (χ2n) is 3.54. The van der Waals surface area contributed by atoms with Crippen LogP contribution in [0.5, 0.6) is 0 Å². The summed E-state index contributed by atoms with van der Waals surface area (Å²) in [5.74, 6) is 1.37. The molecule has 2 heterocycles. The third-order valence-electron chi connectivity index (χ3n) is 2.50. The van der Waals surface area contributed by atoms with Gasteiger partial charge >= 0.3 is 0 Å². The van der Waals surface area contributed by atoms with Crippen molar-refractivity contribution in [1.29, 1.82) is 0 Å². The molecule has 0 spiro atoms. The maximum Gasteiger partial charge on any atom is 0.146 e. The monoisotopic (exact) mass is 198 g/mol. The van der Waals surface area contributed by atoms with Gasteiger partial charge in [-0.2, -0.15) is 0 Å². The van der Waals surface area contributed by atoms with E-state index >= 15 is 0 Å². The molecule has 0 bridgehead atoms. The summed E-state index contributed by atoms with van der Waals surface area (Å²) in [6.45, 7) is 1.92. The predicted octanol–water partition coefficient (Wildman–Crippen LogP) is 1.77. The van der Waals surface area contributed by atoms with Crippen LogP contribution in [-0.2, 0) is 0 Å². The summed E-state index contributed by atoms with van der Waals surface area (Å²) in [4.78, 5) is 4.46. The molecule has 0 saturated heterocycles. The number of hydrogen-bond acceptors (Lipinski definition) is 3. The maximum atomic E-state index is 5.69. The van der Waals surface area contributed by atoms with Crippen molar-refractivity contribution in [2.45, 2.75) is 6.92 Å². The number of benzene rings is 1. The van der Waals surface area contributed by atoms with Crippen LogP contribution in [0.2, 0.25) is 0 Å². The zero-order valence-corrected chi connectivity index (χ0v) is 8.31. The molecule has 3 rings (SSSR count). The standard InChI is InChI=1S/C11H10N4/c1-7-13-9-5-3-2-4-8(9)10-6-11(12)14-15(7)10/h2-6H,1H3,(H2,12,14). The minimum absolute atomic E-state index is 0.524. The lowest BCUT2D eigenvalue weighted by Gasteiger charge is -2.02. The second kappa shape index (κ2) is 2.70. The zero-order valence-electron chi connectivity index (χ0n) is 8.31. The Morgan fingerprint density at radius 1 is 1.27 bits per heavy atom. The first kappa shape index (κ1) is 8.23. The van der Waals surface area contributed by atoms with Crippen LogP contribution in [0.1, 0.15) is 5.82 Å². The van der Waals surface area contributed by atoms with E-state index in [1.54, 1.807) is 4.52 Å². The zero-order chi connectivity index (χ0) is 10.4. The average molecular weight is 198 g/mol. The molecule has 0 amide bonds. The van der Waals surface area contributed by atoms with Crippen LogP contribution in [0.3, 0.4) is 0 Å². The molecule has 0 aliphatic carbocycles. The summed E-state index contributed by atoms with van der Waals surface area (Å²) >= 11 is 0. The molecule has 0 saturated carbocycles. The highest BCUT2D eigenvalue weighted by molar-refractivity contribution is 5.94. The Morgan fingerprint density at radius 2 is 2.07 bits per heavy atom. The van der Waals surface area contributed by atoms with E-state index in [-0.39, 0.29) is 0 Å². The first-order chi connectivity index (χ1) is 7.25. The van der Waals surface area contributed by atoms with E-state index in [4.69, 9.17) is 5.73 Å². The number of hydrogen-bond donors (Lipinski definition) is 1. The minimum Gasteiger partial charge on any atom is -0.382 e. The number of para-hydroxylation sites is 1. The van der Waals surface area contributed by atoms with Gasteiger partial charge in [0.1, 0.15) is 11.6 Å². The van der Waals surface area contributed by atoms with Gasteiger partial charge in [0.2, 0.25) is 0 Å². The van der Waals surface area contributed by atoms with E-state index in [9.17, 15) is 0 Å². The molecule has 2 aromatic heterocycles. The van der Waals surface area contributed by atoms with E-state index in [0.717, 1.165) is 22.2 Å². The molecule has 74 valence electrons. The summed E-state index contributed by atoms with van der Waals surface area (Å²) in [5.41, 5.74) is 7.68. The molecule has 0 aliphatic heterocycles. The SMILES string of the molecule is Cc1nc2ccccc2c2cc(N)nn12. The number of aryl methyl sites for hydroxylation is 1. The van der Waals surface area contributed by atoms with Gasteiger partial charge in [0, 0.05) is 11.5 Å². The highest BCUT2D eigenvalue weighted by Crippen LogP contribution is 2.20. The number of aromatic nitrogens is 3. The van der Waals surface area contributed by atoms with Crippen LogP contribution in [-0.4, -0.2) is 14.6 Å². The van der Waals surface area contributed by atoms with Crippen LogP contribution in [0, 0.1) is 6.92 Å². The topological polar surface area (TPSA) is 56.2 Å². The molecule has 2 N–H and O–H groups in total. The maximum absolute atomic E-state index is 5.69. The van der Waals surface area contributed by atoms with Crippen LogP contribution in [0.4, 0.5) is 5.82 Å². The summed E-state index contributed by atoms with van der Waals surface area (Å²) in [6.07, 6.45) is 0. The molecule has 0 radical (unpaired) electrons. The average Bonchev–Trinajstić information content (AvgIpc) is 2.61. The fourth-order valence-corrected chi connectivity index (χ4v) is 1.85. The first-order valence-corrected chi connectivity index (χ1v) is 4.76. The van der Waals surface area contributed by atoms with Crippen molar-refractivity contribution >= 4 is 22.2 Å². The molecule has 0 atom stereocenters. The Balaban J connectivity index is 2.63. The van der Waals surface area contributed by atoms with Crippen molar-refractivity contribution in [2.75, 3.05) is 5.73 Å². The van der Waals surface area contributed by atoms with Gasteiger partial charge in [0.25, 0.3) is 0 Å². The van der Waals surface area contributed by atoms with Gasteiger partial charge in [-0.1, -0.05) is 18.2 Å². The molecule has 4 nitrogen and oxygen atoms in total. The van der Waals surface area contributed by atoms with Gasteiger partial charge in [-0.25, -0.2) is 9.50 Å². The van der Waals surface area contributed by atoms with Gasteiger partial charge in [0.15, 0.2) is 0 Å². The molecule has 0 fully saturated rings. The van der Waals surface area contributed by atoms with E-state index < -0.39 is 0 Å². The van der Waals surface area contributed by atoms with Crippen molar-refractivity contribution in [3.63, 3.8) is 0 Å². The van der Waals surface area contributed by atoms with Crippen molar-refractivity contribution in [3.8, 4) is 0 Å². The van der Waals surface area contributed by atoms with Crippen molar-refractivity contribution in [3.05, 3.63) is 36.2 Å². The van der Waals surface area contributed by atoms with E-state index in [2.05, 4.69) is 10.1 Å². The third-order valence-corrected chi connectivity index (χ3v) is 2.50. The summed E-state index contributed by atoms with van der Waals surface area (Å²) in [7, 11) is 0. The number of nitrogens with zero attached hydrogens (tertiary/aromatic N) is 3. The molecular formula is C11H10N4. The minimum atomic E-state index is 0.524. The quantitative estimate of drug-likeness (QED) is 0.599. The van der Waals surface area contributed by atoms with Gasteiger partial charge in [-0.05, 0) is 13.0 Å². The van der Waals surface area contributed by atoms with E-state index in [1.165, 1.54) is 0 Å². The van der Waals surface area contributed by atoms with Gasteiger partial charge in [-0.15, -0.1) is 5.10 Å². The second-order valence-corrected chi connectivity index (χ2v) is 3.54. The van der Waals surface area contributed by atoms with E-state index in [1.807, 2.05) is 37.3 Å². The van der Waals surface area contributed by atoms with Gasteiger partial charge < -0.3 is 5.73 Å². The molecule has 15 heavy (non-hydrogen) atoms. The van der Waals surface area contributed by atoms with Crippen LogP contribution >= 0.6 is 0 Å². The fourth-order valence-electron chi connectivity index (χ4n) is 1.85. The Kier molecular flexibility index (Phi) is 1.48. The molecule has 1 aromatic carbocycles. The molecule has 4 heteroatoms. The predicted molar refractivity (Wildman–Crippen MR) is 59.6 cm³/mol. The van der Waals surface area contributed by atoms with E-state index in [0.29, 0.717) is 5.82 Å².